The van der Waals surface area contributed by atoms with Gasteiger partial charge in [0.1, 0.15) is 12.2 Å². The number of hydrogen-bond acceptors (Lipinski definition) is 4. The Morgan fingerprint density at radius 3 is 2.41 bits per heavy atom. The molecule has 0 saturated heterocycles. The minimum atomic E-state index is -1.12. The maximum Gasteiger partial charge on any atom is 0.249 e. The van der Waals surface area contributed by atoms with E-state index in [-0.39, 0.29) is 17.6 Å². The van der Waals surface area contributed by atoms with Crippen LogP contribution in [0.1, 0.15) is 45.7 Å². The van der Waals surface area contributed by atoms with Gasteiger partial charge in [-0.05, 0) is 42.2 Å². The van der Waals surface area contributed by atoms with Crippen LogP contribution in [0.25, 0.3) is 22.4 Å². The number of benzene rings is 2. The fourth-order valence-corrected chi connectivity index (χ4v) is 4.40. The number of halogens is 2. The smallest absolute Gasteiger partial charge is 0.249 e. The van der Waals surface area contributed by atoms with E-state index in [2.05, 4.69) is 26.1 Å². The van der Waals surface area contributed by atoms with Crippen LogP contribution in [0.15, 0.2) is 54.6 Å². The number of hydrogen-bond donors (Lipinski definition) is 2. The summed E-state index contributed by atoms with van der Waals surface area (Å²) < 4.78 is 6.39. The molecule has 178 valence electrons. The van der Waals surface area contributed by atoms with Crippen LogP contribution in [0.4, 0.5) is 0 Å². The molecule has 1 aliphatic heterocycles. The number of nitrogens with one attached hydrogen (secondary N) is 1. The van der Waals surface area contributed by atoms with Crippen LogP contribution in [-0.2, 0) is 4.79 Å². The summed E-state index contributed by atoms with van der Waals surface area (Å²) in [6, 6.07) is 16.7. The number of aromatic nitrogens is 1. The van der Waals surface area contributed by atoms with Crippen LogP contribution in [0, 0.1) is 5.41 Å². The molecule has 0 radical (unpaired) electrons. The van der Waals surface area contributed by atoms with E-state index in [4.69, 9.17) is 32.9 Å². The van der Waals surface area contributed by atoms with Crippen molar-refractivity contribution in [1.29, 1.82) is 0 Å². The third kappa shape index (κ3) is 5.07. The number of amides is 1. The van der Waals surface area contributed by atoms with E-state index >= 15 is 0 Å². The van der Waals surface area contributed by atoms with Gasteiger partial charge in [0, 0.05) is 33.2 Å². The van der Waals surface area contributed by atoms with Crippen molar-refractivity contribution in [3.63, 3.8) is 0 Å². The van der Waals surface area contributed by atoms with Gasteiger partial charge in [-0.15, -0.1) is 0 Å². The third-order valence-corrected chi connectivity index (χ3v) is 6.62. The first-order valence-electron chi connectivity index (χ1n) is 11.3. The number of aliphatic hydroxyl groups excluding tert-OH is 1. The molecule has 0 spiro atoms. The van der Waals surface area contributed by atoms with Gasteiger partial charge < -0.3 is 15.2 Å². The van der Waals surface area contributed by atoms with E-state index < -0.39 is 12.0 Å². The quantitative estimate of drug-likeness (QED) is 0.432. The zero-order valence-corrected chi connectivity index (χ0v) is 21.1. The minimum Gasteiger partial charge on any atom is -0.473 e. The van der Waals surface area contributed by atoms with Gasteiger partial charge in [0.15, 0.2) is 0 Å². The topological polar surface area (TPSA) is 71.5 Å². The summed E-state index contributed by atoms with van der Waals surface area (Å²) in [5.41, 5.74) is 3.79. The van der Waals surface area contributed by atoms with Crippen LogP contribution >= 0.6 is 23.2 Å². The molecule has 1 aliphatic rings. The third-order valence-electron chi connectivity index (χ3n) is 6.04. The summed E-state index contributed by atoms with van der Waals surface area (Å²) in [7, 11) is 0. The molecule has 4 rings (SSSR count). The molecule has 2 unspecified atom stereocenters. The van der Waals surface area contributed by atoms with Gasteiger partial charge >= 0.3 is 0 Å². The normalized spacial score (nSPS) is 18.6. The average Bonchev–Trinajstić information content (AvgIpc) is 2.78. The number of carbonyl (C=O) groups excluding carboxylic acids is 1. The minimum absolute atomic E-state index is 0.188. The Hall–Kier alpha value is -2.60. The molecule has 0 bridgehead atoms. The zero-order chi connectivity index (χ0) is 24.6. The number of aliphatic hydroxyl groups is 1. The second-order valence-electron chi connectivity index (χ2n) is 9.71. The Morgan fingerprint density at radius 1 is 1.12 bits per heavy atom. The highest BCUT2D eigenvalue weighted by molar-refractivity contribution is 6.33. The van der Waals surface area contributed by atoms with E-state index in [1.54, 1.807) is 0 Å². The molecule has 0 saturated carbocycles. The summed E-state index contributed by atoms with van der Waals surface area (Å²) in [5.74, 6) is 0.0171. The molecule has 5 nitrogen and oxygen atoms in total. The Bertz CT molecular complexity index is 1200. The lowest BCUT2D eigenvalue weighted by Gasteiger charge is -2.39. The number of carbonyl (C=O) groups is 1. The van der Waals surface area contributed by atoms with Crippen LogP contribution in [0.2, 0.25) is 10.0 Å². The van der Waals surface area contributed by atoms with E-state index in [9.17, 15) is 9.90 Å². The van der Waals surface area contributed by atoms with Crippen molar-refractivity contribution >= 4 is 29.1 Å². The van der Waals surface area contributed by atoms with Gasteiger partial charge in [-0.25, -0.2) is 4.98 Å². The molecule has 34 heavy (non-hydrogen) atoms. The van der Waals surface area contributed by atoms with Gasteiger partial charge in [0.25, 0.3) is 0 Å². The molecular weight excluding hydrogens is 471 g/mol. The number of rotatable bonds is 4. The molecule has 3 atom stereocenters. The fraction of sp³-hybridized carbons (Fsp3) is 0.333. The predicted molar refractivity (Wildman–Crippen MR) is 136 cm³/mol. The van der Waals surface area contributed by atoms with E-state index in [0.717, 1.165) is 22.3 Å². The Morgan fingerprint density at radius 2 is 1.79 bits per heavy atom. The summed E-state index contributed by atoms with van der Waals surface area (Å²) in [4.78, 5) is 17.4. The predicted octanol–water partition coefficient (Wildman–Crippen LogP) is 6.46. The van der Waals surface area contributed by atoms with Crippen LogP contribution < -0.4 is 10.1 Å². The van der Waals surface area contributed by atoms with Crippen molar-refractivity contribution in [2.24, 2.45) is 5.41 Å². The van der Waals surface area contributed by atoms with Crippen LogP contribution in [-0.4, -0.2) is 28.2 Å². The highest BCUT2D eigenvalue weighted by Gasteiger charge is 2.38. The first-order chi connectivity index (χ1) is 16.0. The lowest BCUT2D eigenvalue weighted by molar-refractivity contribution is -0.129. The first-order valence-corrected chi connectivity index (χ1v) is 12.0. The van der Waals surface area contributed by atoms with Gasteiger partial charge in [-0.1, -0.05) is 74.3 Å². The van der Waals surface area contributed by atoms with Crippen LogP contribution in [0.3, 0.4) is 0 Å². The molecule has 3 aromatic rings. The van der Waals surface area contributed by atoms with E-state index in [1.807, 2.05) is 54.6 Å². The first kappa shape index (κ1) is 24.5. The van der Waals surface area contributed by atoms with E-state index in [1.165, 1.54) is 6.92 Å². The Kier molecular flexibility index (Phi) is 6.90. The number of fused-ring (bicyclic) bond motifs is 1. The SMILES string of the molecule is C[C@@H](O)C(=O)NC1CC(C(C)(C)C)Oc2nc(-c3ccccc3Cl)c(-c3ccc(Cl)cc3)cc21. The highest BCUT2D eigenvalue weighted by Crippen LogP contribution is 2.44. The molecule has 1 aromatic heterocycles. The van der Waals surface area contributed by atoms with Crippen molar-refractivity contribution in [2.45, 2.75) is 52.4 Å². The lowest BCUT2D eigenvalue weighted by atomic mass is 9.82. The van der Waals surface area contributed by atoms with E-state index in [0.29, 0.717) is 28.0 Å². The summed E-state index contributed by atoms with van der Waals surface area (Å²) in [6.07, 6.45) is -0.750. The standard InChI is InChI=1S/C27H28Cl2N2O3/c1-15(32)25(33)30-22-14-23(27(2,3)4)34-26-20(22)13-19(16-9-11-17(28)12-10-16)24(31-26)18-7-5-6-8-21(18)29/h5-13,15,22-23,32H,14H2,1-4H3,(H,30,33)/t15-,22?,23?/m1/s1. The second-order valence-corrected chi connectivity index (χ2v) is 10.6. The Balaban J connectivity index is 1.93. The molecule has 2 N–H and O–H groups in total. The van der Waals surface area contributed by atoms with Gasteiger partial charge in [0.05, 0.1) is 11.7 Å². The molecule has 7 heteroatoms. The number of ether oxygens (including phenoxy) is 1. The van der Waals surface area contributed by atoms with Gasteiger partial charge in [-0.2, -0.15) is 0 Å². The largest absolute Gasteiger partial charge is 0.473 e. The maximum atomic E-state index is 12.4. The Labute approximate surface area is 210 Å². The van der Waals surface area contributed by atoms with Gasteiger partial charge in [0.2, 0.25) is 11.8 Å². The van der Waals surface area contributed by atoms with Crippen molar-refractivity contribution in [3.8, 4) is 28.3 Å². The monoisotopic (exact) mass is 498 g/mol. The van der Waals surface area contributed by atoms with Crippen molar-refractivity contribution in [3.05, 3.63) is 70.2 Å². The zero-order valence-electron chi connectivity index (χ0n) is 19.6. The van der Waals surface area contributed by atoms with Crippen molar-refractivity contribution < 1.29 is 14.6 Å². The number of nitrogens with zero attached hydrogens (tertiary/aromatic N) is 1. The van der Waals surface area contributed by atoms with Gasteiger partial charge in [-0.3, -0.25) is 4.79 Å². The van der Waals surface area contributed by atoms with Crippen LogP contribution in [0.5, 0.6) is 5.88 Å². The van der Waals surface area contributed by atoms with Crippen molar-refractivity contribution in [1.82, 2.24) is 10.3 Å². The highest BCUT2D eigenvalue weighted by atomic mass is 35.5. The molecule has 1 amide bonds. The molecular formula is C27H28Cl2N2O3. The second kappa shape index (κ2) is 9.57. The lowest BCUT2D eigenvalue weighted by Crippen LogP contribution is -2.44. The number of pyridine rings is 1. The molecule has 0 fully saturated rings. The summed E-state index contributed by atoms with van der Waals surface area (Å²) in [6.45, 7) is 7.72. The molecule has 2 aromatic carbocycles. The maximum absolute atomic E-state index is 12.4. The summed E-state index contributed by atoms with van der Waals surface area (Å²) in [5, 5.41) is 14.0. The average molecular weight is 499 g/mol. The molecule has 2 heterocycles. The fourth-order valence-electron chi connectivity index (χ4n) is 4.05. The molecule has 0 aliphatic carbocycles. The summed E-state index contributed by atoms with van der Waals surface area (Å²) >= 11 is 12.7. The van der Waals surface area contributed by atoms with Crippen molar-refractivity contribution in [2.75, 3.05) is 0 Å².